The van der Waals surface area contributed by atoms with Crippen LogP contribution in [0.5, 0.6) is 0 Å². The van der Waals surface area contributed by atoms with Crippen molar-refractivity contribution < 1.29 is 9.90 Å². The van der Waals surface area contributed by atoms with Gasteiger partial charge in [-0.3, -0.25) is 0 Å². The summed E-state index contributed by atoms with van der Waals surface area (Å²) in [7, 11) is 0. The molecule has 0 amide bonds. The van der Waals surface area contributed by atoms with Crippen molar-refractivity contribution in [3.05, 3.63) is 40.8 Å². The maximum Gasteiger partial charge on any atom is 0.338 e. The third-order valence-electron chi connectivity index (χ3n) is 3.20. The zero-order valence-electron chi connectivity index (χ0n) is 10.00. The zero-order chi connectivity index (χ0) is 13.4. The number of carbonyl (C=O) groups is 1. The molecule has 6 heteroatoms. The Kier molecular flexibility index (Phi) is 2.53. The molecular formula is C13H10N4O2. The van der Waals surface area contributed by atoms with Gasteiger partial charge >= 0.3 is 5.97 Å². The van der Waals surface area contributed by atoms with E-state index in [4.69, 9.17) is 5.11 Å². The van der Waals surface area contributed by atoms with E-state index >= 15 is 0 Å². The lowest BCUT2D eigenvalue weighted by molar-refractivity contribution is 0.0697. The smallest absolute Gasteiger partial charge is 0.338 e. The number of hydrogen-bond donors (Lipinski definition) is 1. The van der Waals surface area contributed by atoms with Gasteiger partial charge in [-0.15, -0.1) is 0 Å². The number of nitrogens with zero attached hydrogens (tertiary/aromatic N) is 4. The molecule has 0 spiro atoms. The first-order valence-electron chi connectivity index (χ1n) is 5.90. The van der Waals surface area contributed by atoms with E-state index in [1.165, 1.54) is 17.1 Å². The minimum atomic E-state index is -1.05. The molecule has 2 aromatic heterocycles. The summed E-state index contributed by atoms with van der Waals surface area (Å²) in [5.74, 6) is -0.651. The second-order valence-corrected chi connectivity index (χ2v) is 4.41. The van der Waals surface area contributed by atoms with Crippen molar-refractivity contribution in [3.63, 3.8) is 0 Å². The molecule has 0 aromatic carbocycles. The van der Waals surface area contributed by atoms with Gasteiger partial charge in [-0.2, -0.15) is 10.4 Å². The Morgan fingerprint density at radius 2 is 2.32 bits per heavy atom. The molecule has 0 saturated carbocycles. The number of pyridine rings is 1. The highest BCUT2D eigenvalue weighted by atomic mass is 16.4. The molecule has 0 aliphatic heterocycles. The minimum absolute atomic E-state index is 0.0752. The Labute approximate surface area is 108 Å². The van der Waals surface area contributed by atoms with Crippen LogP contribution < -0.4 is 0 Å². The summed E-state index contributed by atoms with van der Waals surface area (Å²) in [4.78, 5) is 15.3. The first kappa shape index (κ1) is 11.4. The van der Waals surface area contributed by atoms with E-state index in [0.717, 1.165) is 30.5 Å². The molecule has 0 unspecified atom stereocenters. The summed E-state index contributed by atoms with van der Waals surface area (Å²) in [6.45, 7) is 0. The number of aromatic nitrogens is 3. The van der Waals surface area contributed by atoms with Gasteiger partial charge < -0.3 is 5.11 Å². The highest BCUT2D eigenvalue weighted by Crippen LogP contribution is 2.24. The monoisotopic (exact) mass is 254 g/mol. The SMILES string of the molecule is N#Cc1cc2c(nc1-n1cc(C(=O)O)cn1)CCC2. The molecule has 0 bridgehead atoms. The maximum atomic E-state index is 10.8. The molecule has 1 aliphatic carbocycles. The second-order valence-electron chi connectivity index (χ2n) is 4.41. The lowest BCUT2D eigenvalue weighted by Gasteiger charge is -2.06. The Balaban J connectivity index is 2.13. The van der Waals surface area contributed by atoms with Gasteiger partial charge in [0.05, 0.1) is 17.3 Å². The van der Waals surface area contributed by atoms with Crippen molar-refractivity contribution in [2.75, 3.05) is 0 Å². The molecule has 1 N–H and O–H groups in total. The Morgan fingerprint density at radius 1 is 1.47 bits per heavy atom. The third-order valence-corrected chi connectivity index (χ3v) is 3.20. The molecule has 2 aromatic rings. The number of rotatable bonds is 2. The van der Waals surface area contributed by atoms with Gasteiger partial charge in [-0.05, 0) is 30.9 Å². The van der Waals surface area contributed by atoms with E-state index in [0.29, 0.717) is 11.4 Å². The molecule has 0 atom stereocenters. The maximum absolute atomic E-state index is 10.8. The van der Waals surface area contributed by atoms with E-state index in [1.54, 1.807) is 0 Å². The van der Waals surface area contributed by atoms with Gasteiger partial charge in [0, 0.05) is 11.9 Å². The van der Waals surface area contributed by atoms with Crippen LogP contribution in [0.25, 0.3) is 5.82 Å². The molecule has 0 fully saturated rings. The van der Waals surface area contributed by atoms with Crippen molar-refractivity contribution in [2.45, 2.75) is 19.3 Å². The summed E-state index contributed by atoms with van der Waals surface area (Å²) >= 11 is 0. The summed E-state index contributed by atoms with van der Waals surface area (Å²) in [5, 5.41) is 22.0. The largest absolute Gasteiger partial charge is 0.478 e. The van der Waals surface area contributed by atoms with E-state index in [9.17, 15) is 10.1 Å². The third kappa shape index (κ3) is 1.85. The molecule has 6 nitrogen and oxygen atoms in total. The van der Waals surface area contributed by atoms with Crippen molar-refractivity contribution in [1.82, 2.24) is 14.8 Å². The molecule has 94 valence electrons. The first-order chi connectivity index (χ1) is 9.19. The average Bonchev–Trinajstić information content (AvgIpc) is 3.05. The van der Waals surface area contributed by atoms with Crippen LogP contribution in [0.4, 0.5) is 0 Å². The average molecular weight is 254 g/mol. The van der Waals surface area contributed by atoms with Gasteiger partial charge in [-0.1, -0.05) is 0 Å². The van der Waals surface area contributed by atoms with E-state index in [-0.39, 0.29) is 5.56 Å². The molecule has 3 rings (SSSR count). The fourth-order valence-electron chi connectivity index (χ4n) is 2.27. The van der Waals surface area contributed by atoms with E-state index < -0.39 is 5.97 Å². The summed E-state index contributed by atoms with van der Waals surface area (Å²) in [5.41, 5.74) is 2.57. The van der Waals surface area contributed by atoms with Crippen LogP contribution in [0.2, 0.25) is 0 Å². The van der Waals surface area contributed by atoms with Gasteiger partial charge in [-0.25, -0.2) is 14.5 Å². The predicted octanol–water partition coefficient (Wildman–Crippen LogP) is 1.33. The van der Waals surface area contributed by atoms with Crippen LogP contribution in [0.15, 0.2) is 18.5 Å². The zero-order valence-corrected chi connectivity index (χ0v) is 10.00. The summed E-state index contributed by atoms with van der Waals surface area (Å²) in [6.07, 6.45) is 5.49. The topological polar surface area (TPSA) is 91.8 Å². The first-order valence-corrected chi connectivity index (χ1v) is 5.90. The summed E-state index contributed by atoms with van der Waals surface area (Å²) < 4.78 is 1.35. The lowest BCUT2D eigenvalue weighted by Crippen LogP contribution is -2.05. The van der Waals surface area contributed by atoms with Crippen molar-refractivity contribution in [1.29, 1.82) is 5.26 Å². The van der Waals surface area contributed by atoms with Crippen LogP contribution in [0.1, 0.15) is 33.6 Å². The molecule has 0 saturated heterocycles. The normalized spacial score (nSPS) is 13.0. The quantitative estimate of drug-likeness (QED) is 0.872. The Hall–Kier alpha value is -2.68. The van der Waals surface area contributed by atoms with Crippen molar-refractivity contribution >= 4 is 5.97 Å². The minimum Gasteiger partial charge on any atom is -0.478 e. The molecule has 1 aliphatic rings. The number of hydrogen-bond acceptors (Lipinski definition) is 4. The van der Waals surface area contributed by atoms with Crippen LogP contribution in [-0.4, -0.2) is 25.8 Å². The highest BCUT2D eigenvalue weighted by Gasteiger charge is 2.18. The number of aromatic carboxylic acids is 1. The van der Waals surface area contributed by atoms with Gasteiger partial charge in [0.15, 0.2) is 5.82 Å². The Morgan fingerprint density at radius 3 is 3.00 bits per heavy atom. The van der Waals surface area contributed by atoms with Crippen LogP contribution in [0, 0.1) is 11.3 Å². The summed E-state index contributed by atoms with van der Waals surface area (Å²) in [6, 6.07) is 3.92. The molecular weight excluding hydrogens is 244 g/mol. The number of carboxylic acids is 1. The number of carboxylic acid groups (broad SMARTS) is 1. The second kappa shape index (κ2) is 4.21. The van der Waals surface area contributed by atoms with Crippen LogP contribution in [0.3, 0.4) is 0 Å². The van der Waals surface area contributed by atoms with Gasteiger partial charge in [0.1, 0.15) is 6.07 Å². The molecule has 19 heavy (non-hydrogen) atoms. The van der Waals surface area contributed by atoms with Crippen LogP contribution >= 0.6 is 0 Å². The molecule has 2 heterocycles. The van der Waals surface area contributed by atoms with Crippen molar-refractivity contribution in [2.24, 2.45) is 0 Å². The fraction of sp³-hybridized carbons (Fsp3) is 0.231. The predicted molar refractivity (Wildman–Crippen MR) is 65.1 cm³/mol. The number of aryl methyl sites for hydroxylation is 2. The number of nitriles is 1. The molecule has 0 radical (unpaired) electrons. The number of fused-ring (bicyclic) bond motifs is 1. The van der Waals surface area contributed by atoms with E-state index in [2.05, 4.69) is 16.2 Å². The Bertz CT molecular complexity index is 712. The highest BCUT2D eigenvalue weighted by molar-refractivity contribution is 5.87. The van der Waals surface area contributed by atoms with Crippen molar-refractivity contribution in [3.8, 4) is 11.9 Å². The fourth-order valence-corrected chi connectivity index (χ4v) is 2.27. The standard InChI is InChI=1S/C13H10N4O2/c14-5-9-4-8-2-1-3-11(8)16-12(9)17-7-10(6-15-17)13(18)19/h4,6-7H,1-3H2,(H,18,19). The van der Waals surface area contributed by atoms with Gasteiger partial charge in [0.25, 0.3) is 0 Å². The van der Waals surface area contributed by atoms with Gasteiger partial charge in [0.2, 0.25) is 0 Å². The van der Waals surface area contributed by atoms with Crippen LogP contribution in [-0.2, 0) is 12.8 Å². The lowest BCUT2D eigenvalue weighted by atomic mass is 10.1. The van der Waals surface area contributed by atoms with E-state index in [1.807, 2.05) is 6.07 Å².